The van der Waals surface area contributed by atoms with Gasteiger partial charge in [-0.25, -0.2) is 0 Å². The summed E-state index contributed by atoms with van der Waals surface area (Å²) in [6, 6.07) is 50.7. The van der Waals surface area contributed by atoms with Gasteiger partial charge in [-0.3, -0.25) is 0 Å². The summed E-state index contributed by atoms with van der Waals surface area (Å²) in [5, 5.41) is 2.42. The van der Waals surface area contributed by atoms with Gasteiger partial charge in [-0.2, -0.15) is 0 Å². The molecule has 0 radical (unpaired) electrons. The zero-order chi connectivity index (χ0) is 45.1. The van der Waals surface area contributed by atoms with Crippen LogP contribution >= 0.6 is 0 Å². The number of hydrogen-bond acceptors (Lipinski definition) is 0. The van der Waals surface area contributed by atoms with Gasteiger partial charge in [0.05, 0.1) is 22.4 Å². The Kier molecular flexibility index (Phi) is 10.2. The molecule has 0 bridgehead atoms. The van der Waals surface area contributed by atoms with Crippen molar-refractivity contribution in [2.45, 2.75) is 39.5 Å². The Hall–Kier alpha value is -7.94. The molecule has 318 valence electrons. The van der Waals surface area contributed by atoms with Crippen molar-refractivity contribution >= 4 is 46.1 Å². The fourth-order valence-electron chi connectivity index (χ4n) is 10.8. The molecule has 0 unspecified atom stereocenters. The van der Waals surface area contributed by atoms with Gasteiger partial charge in [0.2, 0.25) is 0 Å². The molecule has 0 N–H and O–H groups in total. The minimum Gasteiger partial charge on any atom is -0.309 e. The van der Waals surface area contributed by atoms with Crippen molar-refractivity contribution in [3.8, 4) is 55.9 Å². The lowest BCUT2D eigenvalue weighted by Crippen LogP contribution is -1.98. The highest BCUT2D eigenvalue weighted by molar-refractivity contribution is 5.98. The average molecular weight is 849 g/mol. The van der Waals surface area contributed by atoms with Crippen molar-refractivity contribution in [1.82, 2.24) is 9.13 Å². The minimum absolute atomic E-state index is 0.835. The van der Waals surface area contributed by atoms with Gasteiger partial charge < -0.3 is 9.13 Å². The SMILES string of the molecule is C=CCc1ccc2c(c1)c(C=C)c(/C=C\C)n2-c1ccc2c(c1)-c1cc(-c3cccc(-c4ccc5c(c4)-c4cc(-n6c(/C=C\C)c(C=C)c7cc(CC=C)ccc76)ccc4C5)c3)ccc1C2. The molecule has 0 atom stereocenters. The first-order chi connectivity index (χ1) is 32.4. The fourth-order valence-corrected chi connectivity index (χ4v) is 10.8. The largest absolute Gasteiger partial charge is 0.309 e. The van der Waals surface area contributed by atoms with E-state index in [1.165, 1.54) is 99.7 Å². The molecule has 2 heteroatoms. The van der Waals surface area contributed by atoms with Crippen LogP contribution in [0.15, 0.2) is 184 Å². The first-order valence-electron chi connectivity index (χ1n) is 23.1. The van der Waals surface area contributed by atoms with Crippen molar-refractivity contribution in [3.63, 3.8) is 0 Å². The Labute approximate surface area is 388 Å². The maximum atomic E-state index is 4.25. The summed E-state index contributed by atoms with van der Waals surface area (Å²) in [4.78, 5) is 0. The van der Waals surface area contributed by atoms with E-state index < -0.39 is 0 Å². The number of fused-ring (bicyclic) bond motifs is 8. The van der Waals surface area contributed by atoms with E-state index in [4.69, 9.17) is 0 Å². The molecule has 2 aliphatic rings. The monoisotopic (exact) mass is 848 g/mol. The molecule has 2 nitrogen and oxygen atoms in total. The molecule has 11 rings (SSSR count). The van der Waals surface area contributed by atoms with Crippen molar-refractivity contribution in [2.24, 2.45) is 0 Å². The summed E-state index contributed by atoms with van der Waals surface area (Å²) in [6.45, 7) is 20.6. The number of nitrogens with zero attached hydrogens (tertiary/aromatic N) is 2. The highest BCUT2D eigenvalue weighted by Crippen LogP contribution is 2.44. The first-order valence-corrected chi connectivity index (χ1v) is 23.1. The van der Waals surface area contributed by atoms with Gasteiger partial charge in [0, 0.05) is 33.3 Å². The maximum Gasteiger partial charge on any atom is 0.0541 e. The third-order valence-electron chi connectivity index (χ3n) is 13.8. The summed E-state index contributed by atoms with van der Waals surface area (Å²) in [7, 11) is 0. The summed E-state index contributed by atoms with van der Waals surface area (Å²) in [6.07, 6.45) is 20.1. The van der Waals surface area contributed by atoms with Gasteiger partial charge in [-0.1, -0.05) is 116 Å². The highest BCUT2D eigenvalue weighted by atomic mass is 15.0. The van der Waals surface area contributed by atoms with E-state index in [1.54, 1.807) is 0 Å². The van der Waals surface area contributed by atoms with Crippen LogP contribution in [-0.2, 0) is 25.7 Å². The van der Waals surface area contributed by atoms with Crippen molar-refractivity contribution in [3.05, 3.63) is 240 Å². The van der Waals surface area contributed by atoms with E-state index in [0.29, 0.717) is 0 Å². The van der Waals surface area contributed by atoms with E-state index in [-0.39, 0.29) is 0 Å². The van der Waals surface area contributed by atoms with Gasteiger partial charge in [0.15, 0.2) is 0 Å². The smallest absolute Gasteiger partial charge is 0.0541 e. The van der Waals surface area contributed by atoms with Gasteiger partial charge >= 0.3 is 0 Å². The van der Waals surface area contributed by atoms with Crippen LogP contribution in [0.3, 0.4) is 0 Å². The standard InChI is InChI=1S/C64H52N2/c1-7-14-41-20-30-63-59(32-41)53(11-5)61(16-9-3)65(63)51-28-26-49-35-47-24-22-45(37-55(47)57(49)39-51)43-18-13-19-44(34-43)46-23-25-48-36-50-27-29-52(40-58(50)56(48)38-46)66-62(17-10-4)54(12-6)60-33-42(15-8-2)21-31-64(60)66/h7-13,16-34,37-40H,1-2,5-6,14-15,35-36H2,3-4H3/b16-9-,17-10-. The lowest BCUT2D eigenvalue weighted by molar-refractivity contribution is 1.10. The summed E-state index contributed by atoms with van der Waals surface area (Å²) < 4.78 is 4.79. The van der Waals surface area contributed by atoms with E-state index in [1.807, 2.05) is 24.3 Å². The Morgan fingerprint density at radius 3 is 1.26 bits per heavy atom. The number of aromatic nitrogens is 2. The van der Waals surface area contributed by atoms with Crippen LogP contribution in [0.4, 0.5) is 0 Å². The summed E-state index contributed by atoms with van der Waals surface area (Å²) in [5.74, 6) is 0. The quantitative estimate of drug-likeness (QED) is 0.108. The van der Waals surface area contributed by atoms with Gasteiger partial charge in [0.25, 0.3) is 0 Å². The number of hydrogen-bond donors (Lipinski definition) is 0. The molecule has 7 aromatic carbocycles. The molecule has 66 heavy (non-hydrogen) atoms. The lowest BCUT2D eigenvalue weighted by atomic mass is 9.94. The molecule has 0 aliphatic heterocycles. The van der Waals surface area contributed by atoms with Gasteiger partial charge in [-0.15, -0.1) is 13.2 Å². The van der Waals surface area contributed by atoms with Crippen molar-refractivity contribution in [1.29, 1.82) is 0 Å². The maximum absolute atomic E-state index is 4.25. The zero-order valence-corrected chi connectivity index (χ0v) is 37.9. The highest BCUT2D eigenvalue weighted by Gasteiger charge is 2.24. The Morgan fingerprint density at radius 1 is 0.439 bits per heavy atom. The Balaban J connectivity index is 0.948. The number of allylic oxidation sites excluding steroid dienone is 4. The third-order valence-corrected chi connectivity index (χ3v) is 13.8. The predicted molar refractivity (Wildman–Crippen MR) is 285 cm³/mol. The molecule has 2 heterocycles. The summed E-state index contributed by atoms with van der Waals surface area (Å²) in [5.41, 5.74) is 27.3. The molecule has 0 spiro atoms. The van der Waals surface area contributed by atoms with Crippen LogP contribution in [0, 0.1) is 0 Å². The van der Waals surface area contributed by atoms with Crippen molar-refractivity contribution in [2.75, 3.05) is 0 Å². The molecule has 0 amide bonds. The Morgan fingerprint density at radius 2 is 0.848 bits per heavy atom. The summed E-state index contributed by atoms with van der Waals surface area (Å²) >= 11 is 0. The van der Waals surface area contributed by atoms with E-state index in [9.17, 15) is 0 Å². The van der Waals surface area contributed by atoms with E-state index >= 15 is 0 Å². The molecule has 0 fully saturated rings. The van der Waals surface area contributed by atoms with Crippen LogP contribution in [-0.4, -0.2) is 9.13 Å². The number of benzene rings is 7. The van der Waals surface area contributed by atoms with E-state index in [0.717, 1.165) is 59.6 Å². The second-order valence-electron chi connectivity index (χ2n) is 17.7. The average Bonchev–Trinajstić information content (AvgIpc) is 4.08. The van der Waals surface area contributed by atoms with Crippen LogP contribution in [0.1, 0.15) is 69.7 Å². The second-order valence-corrected chi connectivity index (χ2v) is 17.7. The predicted octanol–water partition coefficient (Wildman–Crippen LogP) is 16.9. The molecule has 2 aromatic heterocycles. The molecular weight excluding hydrogens is 797 g/mol. The normalized spacial score (nSPS) is 12.5. The molecular formula is C64H52N2. The number of rotatable bonds is 12. The lowest BCUT2D eigenvalue weighted by Gasteiger charge is -2.13. The van der Waals surface area contributed by atoms with Crippen LogP contribution in [0.2, 0.25) is 0 Å². The second kappa shape index (κ2) is 16.6. The topological polar surface area (TPSA) is 9.86 Å². The third kappa shape index (κ3) is 6.63. The molecule has 0 saturated carbocycles. The molecule has 9 aromatic rings. The van der Waals surface area contributed by atoms with Crippen LogP contribution in [0.25, 0.3) is 102 Å². The van der Waals surface area contributed by atoms with Gasteiger partial charge in [-0.05, 0) is 196 Å². The van der Waals surface area contributed by atoms with Gasteiger partial charge in [0.1, 0.15) is 0 Å². The minimum atomic E-state index is 0.835. The Bertz CT molecular complexity index is 3340. The molecule has 2 aliphatic carbocycles. The molecule has 0 saturated heterocycles. The van der Waals surface area contributed by atoms with E-state index in [2.05, 4.69) is 207 Å². The fraction of sp³-hybridized carbons (Fsp3) is 0.0938. The van der Waals surface area contributed by atoms with Crippen LogP contribution in [0.5, 0.6) is 0 Å². The van der Waals surface area contributed by atoms with Crippen LogP contribution < -0.4 is 0 Å². The van der Waals surface area contributed by atoms with Crippen molar-refractivity contribution < 1.29 is 0 Å². The first kappa shape index (κ1) is 40.8. The zero-order valence-electron chi connectivity index (χ0n) is 37.9.